The second kappa shape index (κ2) is 4.30. The average Bonchev–Trinajstić information content (AvgIpc) is 2.74. The van der Waals surface area contributed by atoms with E-state index in [-0.39, 0.29) is 6.04 Å². The maximum atomic E-state index is 13.4. The van der Waals surface area contributed by atoms with E-state index in [1.165, 1.54) is 6.07 Å². The van der Waals surface area contributed by atoms with Crippen LogP contribution in [-0.2, 0) is 0 Å². The Labute approximate surface area is 91.5 Å². The Balaban J connectivity index is 2.21. The van der Waals surface area contributed by atoms with Crippen molar-refractivity contribution in [3.05, 3.63) is 47.8 Å². The Bertz CT molecular complexity index is 468. The van der Waals surface area contributed by atoms with Crippen LogP contribution in [0.1, 0.15) is 18.5 Å². The SMILES string of the molecule is CC(Nc1cn[nH]c1)c1cccc(F)c1F. The van der Waals surface area contributed by atoms with Crippen molar-refractivity contribution in [3.8, 4) is 0 Å². The van der Waals surface area contributed by atoms with Crippen molar-refractivity contribution >= 4 is 5.69 Å². The van der Waals surface area contributed by atoms with Crippen LogP contribution in [0.15, 0.2) is 30.6 Å². The highest BCUT2D eigenvalue weighted by molar-refractivity contribution is 5.41. The summed E-state index contributed by atoms with van der Waals surface area (Å²) in [6.45, 7) is 1.75. The molecule has 1 aromatic carbocycles. The van der Waals surface area contributed by atoms with Gasteiger partial charge in [0.2, 0.25) is 0 Å². The molecular formula is C11H11F2N3. The number of H-pyrrole nitrogens is 1. The Hall–Kier alpha value is -1.91. The first-order chi connectivity index (χ1) is 7.68. The van der Waals surface area contributed by atoms with E-state index in [2.05, 4.69) is 15.5 Å². The minimum Gasteiger partial charge on any atom is -0.376 e. The van der Waals surface area contributed by atoms with Gasteiger partial charge in [-0.1, -0.05) is 12.1 Å². The molecule has 2 aromatic rings. The lowest BCUT2D eigenvalue weighted by atomic mass is 10.1. The molecule has 0 radical (unpaired) electrons. The normalized spacial score (nSPS) is 12.4. The Morgan fingerprint density at radius 2 is 2.19 bits per heavy atom. The fourth-order valence-electron chi connectivity index (χ4n) is 1.51. The van der Waals surface area contributed by atoms with Gasteiger partial charge in [0.15, 0.2) is 11.6 Å². The van der Waals surface area contributed by atoms with E-state index in [9.17, 15) is 8.78 Å². The summed E-state index contributed by atoms with van der Waals surface area (Å²) in [6, 6.07) is 3.81. The van der Waals surface area contributed by atoms with E-state index in [1.807, 2.05) is 0 Å². The molecule has 84 valence electrons. The third kappa shape index (κ3) is 2.03. The quantitative estimate of drug-likeness (QED) is 0.840. The van der Waals surface area contributed by atoms with Gasteiger partial charge in [0.05, 0.1) is 17.9 Å². The van der Waals surface area contributed by atoms with Gasteiger partial charge in [0.1, 0.15) is 0 Å². The molecule has 2 N–H and O–H groups in total. The van der Waals surface area contributed by atoms with Gasteiger partial charge in [0.25, 0.3) is 0 Å². The van der Waals surface area contributed by atoms with Crippen LogP contribution in [0.2, 0.25) is 0 Å². The summed E-state index contributed by atoms with van der Waals surface area (Å²) >= 11 is 0. The molecule has 1 aromatic heterocycles. The summed E-state index contributed by atoms with van der Waals surface area (Å²) in [5.74, 6) is -1.65. The zero-order valence-corrected chi connectivity index (χ0v) is 8.67. The molecule has 5 heteroatoms. The first kappa shape index (κ1) is 10.6. The molecule has 16 heavy (non-hydrogen) atoms. The van der Waals surface area contributed by atoms with Crippen molar-refractivity contribution in [2.45, 2.75) is 13.0 Å². The Morgan fingerprint density at radius 1 is 1.38 bits per heavy atom. The maximum Gasteiger partial charge on any atom is 0.164 e. The topological polar surface area (TPSA) is 40.7 Å². The minimum atomic E-state index is -0.835. The monoisotopic (exact) mass is 223 g/mol. The van der Waals surface area contributed by atoms with Crippen molar-refractivity contribution in [2.75, 3.05) is 5.32 Å². The van der Waals surface area contributed by atoms with E-state index in [1.54, 1.807) is 25.4 Å². The average molecular weight is 223 g/mol. The van der Waals surface area contributed by atoms with Crippen LogP contribution in [0.5, 0.6) is 0 Å². The van der Waals surface area contributed by atoms with Crippen LogP contribution >= 0.6 is 0 Å². The van der Waals surface area contributed by atoms with Crippen LogP contribution in [0.25, 0.3) is 0 Å². The summed E-state index contributed by atoms with van der Waals surface area (Å²) in [7, 11) is 0. The fraction of sp³-hybridized carbons (Fsp3) is 0.182. The molecule has 1 unspecified atom stereocenters. The number of halogens is 2. The van der Waals surface area contributed by atoms with Gasteiger partial charge in [0, 0.05) is 11.8 Å². The van der Waals surface area contributed by atoms with Gasteiger partial charge in [-0.3, -0.25) is 5.10 Å². The van der Waals surface area contributed by atoms with Gasteiger partial charge in [-0.2, -0.15) is 5.10 Å². The van der Waals surface area contributed by atoms with Crippen LogP contribution < -0.4 is 5.32 Å². The zero-order valence-electron chi connectivity index (χ0n) is 8.67. The van der Waals surface area contributed by atoms with E-state index < -0.39 is 11.6 Å². The van der Waals surface area contributed by atoms with Gasteiger partial charge in [-0.15, -0.1) is 0 Å². The summed E-state index contributed by atoms with van der Waals surface area (Å²) in [5, 5.41) is 9.39. The molecule has 0 aliphatic carbocycles. The molecular weight excluding hydrogens is 212 g/mol. The lowest BCUT2D eigenvalue weighted by Crippen LogP contribution is -2.09. The molecule has 2 rings (SSSR count). The van der Waals surface area contributed by atoms with Crippen LogP contribution in [0.3, 0.4) is 0 Å². The predicted molar refractivity (Wildman–Crippen MR) is 57.0 cm³/mol. The highest BCUT2D eigenvalue weighted by Crippen LogP contribution is 2.22. The van der Waals surface area contributed by atoms with E-state index in [0.717, 1.165) is 11.8 Å². The highest BCUT2D eigenvalue weighted by Gasteiger charge is 2.13. The third-order valence-corrected chi connectivity index (χ3v) is 2.33. The number of nitrogens with zero attached hydrogens (tertiary/aromatic N) is 1. The molecule has 0 saturated carbocycles. The molecule has 0 spiro atoms. The van der Waals surface area contributed by atoms with Crippen molar-refractivity contribution in [1.82, 2.24) is 10.2 Å². The maximum absolute atomic E-state index is 13.4. The van der Waals surface area contributed by atoms with Crippen LogP contribution in [-0.4, -0.2) is 10.2 Å². The fourth-order valence-corrected chi connectivity index (χ4v) is 1.51. The summed E-state index contributed by atoms with van der Waals surface area (Å²) in [5.41, 5.74) is 1.03. The van der Waals surface area contributed by atoms with E-state index in [0.29, 0.717) is 5.56 Å². The first-order valence-corrected chi connectivity index (χ1v) is 4.87. The van der Waals surface area contributed by atoms with Gasteiger partial charge in [-0.25, -0.2) is 8.78 Å². The molecule has 0 saturated heterocycles. The third-order valence-electron chi connectivity index (χ3n) is 2.33. The summed E-state index contributed by atoms with van der Waals surface area (Å²) < 4.78 is 26.4. The standard InChI is InChI=1S/C11H11F2N3/c1-7(16-8-5-14-15-6-8)9-3-2-4-10(12)11(9)13/h2-7,16H,1H3,(H,14,15). The molecule has 0 amide bonds. The minimum absolute atomic E-state index is 0.293. The largest absolute Gasteiger partial charge is 0.376 e. The van der Waals surface area contributed by atoms with E-state index in [4.69, 9.17) is 0 Å². The molecule has 0 aliphatic rings. The van der Waals surface area contributed by atoms with Gasteiger partial charge < -0.3 is 5.32 Å². The molecule has 0 fully saturated rings. The van der Waals surface area contributed by atoms with Crippen LogP contribution in [0.4, 0.5) is 14.5 Å². The number of benzene rings is 1. The smallest absolute Gasteiger partial charge is 0.164 e. The molecule has 1 atom stereocenters. The molecule has 0 bridgehead atoms. The lowest BCUT2D eigenvalue weighted by Gasteiger charge is -2.14. The number of aromatic amines is 1. The van der Waals surface area contributed by atoms with Gasteiger partial charge >= 0.3 is 0 Å². The Kier molecular flexibility index (Phi) is 2.85. The second-order valence-corrected chi connectivity index (χ2v) is 3.50. The van der Waals surface area contributed by atoms with E-state index >= 15 is 0 Å². The molecule has 1 heterocycles. The zero-order chi connectivity index (χ0) is 11.5. The lowest BCUT2D eigenvalue weighted by molar-refractivity contribution is 0.494. The number of rotatable bonds is 3. The summed E-state index contributed by atoms with van der Waals surface area (Å²) in [4.78, 5) is 0. The number of hydrogen-bond donors (Lipinski definition) is 2. The highest BCUT2D eigenvalue weighted by atomic mass is 19.2. The second-order valence-electron chi connectivity index (χ2n) is 3.50. The first-order valence-electron chi connectivity index (χ1n) is 4.87. The Morgan fingerprint density at radius 3 is 2.88 bits per heavy atom. The van der Waals surface area contributed by atoms with Crippen molar-refractivity contribution < 1.29 is 8.78 Å². The van der Waals surface area contributed by atoms with Crippen LogP contribution in [0, 0.1) is 11.6 Å². The molecule has 0 aliphatic heterocycles. The van der Waals surface area contributed by atoms with Gasteiger partial charge in [-0.05, 0) is 13.0 Å². The predicted octanol–water partition coefficient (Wildman–Crippen LogP) is 2.86. The molecule has 3 nitrogen and oxygen atoms in total. The van der Waals surface area contributed by atoms with Crippen molar-refractivity contribution in [2.24, 2.45) is 0 Å². The number of aromatic nitrogens is 2. The summed E-state index contributed by atoms with van der Waals surface area (Å²) in [6.07, 6.45) is 3.22. The number of nitrogens with one attached hydrogen (secondary N) is 2. The van der Waals surface area contributed by atoms with Crippen molar-refractivity contribution in [1.29, 1.82) is 0 Å². The van der Waals surface area contributed by atoms with Crippen molar-refractivity contribution in [3.63, 3.8) is 0 Å². The number of anilines is 1. The number of hydrogen-bond acceptors (Lipinski definition) is 2.